The number of alkyl carbamates (subject to hydrolysis) is 1. The molecule has 0 aliphatic rings. The van der Waals surface area contributed by atoms with Crippen LogP contribution < -0.4 is 5.32 Å². The summed E-state index contributed by atoms with van der Waals surface area (Å²) in [6.07, 6.45) is -0.697. The van der Waals surface area contributed by atoms with Crippen LogP contribution in [-0.4, -0.2) is 23.2 Å². The molecule has 0 bridgehead atoms. The number of carboxylic acids is 1. The van der Waals surface area contributed by atoms with Crippen LogP contribution in [0, 0.1) is 11.8 Å². The molecule has 1 rings (SSSR count). The van der Waals surface area contributed by atoms with Crippen molar-refractivity contribution in [3.8, 4) is 0 Å². The maximum absolute atomic E-state index is 11.8. The third kappa shape index (κ3) is 6.29. The van der Waals surface area contributed by atoms with Gasteiger partial charge in [0, 0.05) is 6.04 Å². The molecule has 0 saturated heterocycles. The smallest absolute Gasteiger partial charge is 0.407 e. The van der Waals surface area contributed by atoms with Gasteiger partial charge in [0.1, 0.15) is 6.61 Å². The van der Waals surface area contributed by atoms with Crippen molar-refractivity contribution in [2.45, 2.75) is 39.8 Å². The van der Waals surface area contributed by atoms with Crippen molar-refractivity contribution in [2.24, 2.45) is 11.8 Å². The summed E-state index contributed by atoms with van der Waals surface area (Å²) in [5, 5.41) is 11.6. The fourth-order valence-corrected chi connectivity index (χ4v) is 1.94. The van der Waals surface area contributed by atoms with Crippen molar-refractivity contribution < 1.29 is 19.4 Å². The summed E-state index contributed by atoms with van der Waals surface area (Å²) in [6.45, 7) is 6.09. The minimum Gasteiger partial charge on any atom is -0.481 e. The molecule has 5 heteroatoms. The Morgan fingerprint density at radius 1 is 1.19 bits per heavy atom. The van der Waals surface area contributed by atoms with E-state index in [-0.39, 0.29) is 24.9 Å². The van der Waals surface area contributed by atoms with Gasteiger partial charge in [-0.25, -0.2) is 4.79 Å². The first-order valence-electron chi connectivity index (χ1n) is 7.09. The van der Waals surface area contributed by atoms with E-state index in [0.29, 0.717) is 0 Å². The largest absolute Gasteiger partial charge is 0.481 e. The van der Waals surface area contributed by atoms with E-state index in [1.807, 2.05) is 51.1 Å². The first kappa shape index (κ1) is 17.0. The van der Waals surface area contributed by atoms with Crippen molar-refractivity contribution in [1.82, 2.24) is 5.32 Å². The number of aliphatic carboxylic acids is 1. The lowest BCUT2D eigenvalue weighted by atomic mass is 9.88. The molecule has 0 spiro atoms. The van der Waals surface area contributed by atoms with Gasteiger partial charge in [0.2, 0.25) is 0 Å². The van der Waals surface area contributed by atoms with Crippen LogP contribution >= 0.6 is 0 Å². The zero-order chi connectivity index (χ0) is 15.8. The van der Waals surface area contributed by atoms with Gasteiger partial charge in [-0.1, -0.05) is 51.1 Å². The molecule has 0 aromatic heterocycles. The number of amides is 1. The maximum atomic E-state index is 11.8. The number of carboxylic acid groups (broad SMARTS) is 1. The molecule has 2 N–H and O–H groups in total. The van der Waals surface area contributed by atoms with Crippen LogP contribution in [0.1, 0.15) is 32.8 Å². The molecular weight excluding hydrogens is 270 g/mol. The van der Waals surface area contributed by atoms with Crippen molar-refractivity contribution in [3.63, 3.8) is 0 Å². The highest BCUT2D eigenvalue weighted by Crippen LogP contribution is 2.17. The normalized spacial score (nSPS) is 13.5. The molecule has 1 aromatic carbocycles. The lowest BCUT2D eigenvalue weighted by molar-refractivity contribution is -0.137. The molecule has 0 aliphatic heterocycles. The molecule has 2 atom stereocenters. The lowest BCUT2D eigenvalue weighted by Gasteiger charge is -2.26. The number of carbonyl (C=O) groups excluding carboxylic acids is 1. The summed E-state index contributed by atoms with van der Waals surface area (Å²) >= 11 is 0. The monoisotopic (exact) mass is 293 g/mol. The number of benzene rings is 1. The zero-order valence-electron chi connectivity index (χ0n) is 12.7. The van der Waals surface area contributed by atoms with Crippen molar-refractivity contribution in [3.05, 3.63) is 35.9 Å². The number of ether oxygens (including phenoxy) is 1. The Labute approximate surface area is 125 Å². The van der Waals surface area contributed by atoms with Gasteiger partial charge in [0.05, 0.1) is 6.42 Å². The molecular formula is C16H23NO4. The molecule has 0 radical (unpaired) electrons. The van der Waals surface area contributed by atoms with E-state index in [1.54, 1.807) is 0 Å². The summed E-state index contributed by atoms with van der Waals surface area (Å²) in [7, 11) is 0. The second kappa shape index (κ2) is 8.29. The van der Waals surface area contributed by atoms with Crippen molar-refractivity contribution in [1.29, 1.82) is 0 Å². The highest BCUT2D eigenvalue weighted by molar-refractivity contribution is 5.71. The number of rotatable bonds is 7. The average molecular weight is 293 g/mol. The summed E-state index contributed by atoms with van der Waals surface area (Å²) in [5.41, 5.74) is 0.888. The van der Waals surface area contributed by atoms with E-state index in [4.69, 9.17) is 9.84 Å². The quantitative estimate of drug-likeness (QED) is 0.810. The van der Waals surface area contributed by atoms with Crippen LogP contribution in [0.15, 0.2) is 30.3 Å². The number of hydrogen-bond donors (Lipinski definition) is 2. The Kier molecular flexibility index (Phi) is 6.72. The maximum Gasteiger partial charge on any atom is 0.407 e. The molecule has 116 valence electrons. The van der Waals surface area contributed by atoms with E-state index in [2.05, 4.69) is 5.32 Å². The number of nitrogens with one attached hydrogen (secondary N) is 1. The van der Waals surface area contributed by atoms with Gasteiger partial charge in [-0.2, -0.15) is 0 Å². The fourth-order valence-electron chi connectivity index (χ4n) is 1.94. The predicted octanol–water partition coefficient (Wildman–Crippen LogP) is 3.05. The Bertz CT molecular complexity index is 459. The van der Waals surface area contributed by atoms with E-state index in [1.165, 1.54) is 0 Å². The second-order valence-electron chi connectivity index (χ2n) is 5.51. The highest BCUT2D eigenvalue weighted by atomic mass is 16.5. The fraction of sp³-hybridized carbons (Fsp3) is 0.500. The van der Waals surface area contributed by atoms with Crippen LogP contribution in [0.2, 0.25) is 0 Å². The number of hydrogen-bond acceptors (Lipinski definition) is 3. The molecule has 0 heterocycles. The molecule has 1 aromatic rings. The Morgan fingerprint density at radius 3 is 2.33 bits per heavy atom. The number of carbonyl (C=O) groups is 2. The van der Waals surface area contributed by atoms with E-state index in [9.17, 15) is 9.59 Å². The van der Waals surface area contributed by atoms with E-state index >= 15 is 0 Å². The Hall–Kier alpha value is -2.04. The minimum atomic E-state index is -0.934. The molecule has 1 amide bonds. The first-order chi connectivity index (χ1) is 9.90. The van der Waals surface area contributed by atoms with Gasteiger partial charge < -0.3 is 15.2 Å². The SMILES string of the molecule is CC(C)C(C)[C@H](CC(=O)O)NC(=O)OCc1ccccc1. The molecule has 0 saturated carbocycles. The Morgan fingerprint density at radius 2 is 1.81 bits per heavy atom. The second-order valence-corrected chi connectivity index (χ2v) is 5.51. The van der Waals surface area contributed by atoms with Crippen molar-refractivity contribution in [2.75, 3.05) is 0 Å². The van der Waals surface area contributed by atoms with Crippen LogP contribution in [0.3, 0.4) is 0 Å². The van der Waals surface area contributed by atoms with Gasteiger partial charge in [0.25, 0.3) is 0 Å². The van der Waals surface area contributed by atoms with Gasteiger partial charge in [0.15, 0.2) is 0 Å². The van der Waals surface area contributed by atoms with Crippen LogP contribution in [0.25, 0.3) is 0 Å². The molecule has 0 aliphatic carbocycles. The van der Waals surface area contributed by atoms with Crippen LogP contribution in [0.4, 0.5) is 4.79 Å². The average Bonchev–Trinajstić information content (AvgIpc) is 2.44. The topological polar surface area (TPSA) is 75.6 Å². The summed E-state index contributed by atoms with van der Waals surface area (Å²) in [5.74, 6) is -0.620. The molecule has 5 nitrogen and oxygen atoms in total. The van der Waals surface area contributed by atoms with Gasteiger partial charge in [-0.05, 0) is 17.4 Å². The summed E-state index contributed by atoms with van der Waals surface area (Å²) in [4.78, 5) is 22.7. The third-order valence-electron chi connectivity index (χ3n) is 3.60. The van der Waals surface area contributed by atoms with Crippen LogP contribution in [-0.2, 0) is 16.1 Å². The van der Waals surface area contributed by atoms with Gasteiger partial charge >= 0.3 is 12.1 Å². The zero-order valence-corrected chi connectivity index (χ0v) is 12.7. The highest BCUT2D eigenvalue weighted by Gasteiger charge is 2.25. The Balaban J connectivity index is 2.53. The lowest BCUT2D eigenvalue weighted by Crippen LogP contribution is -2.42. The van der Waals surface area contributed by atoms with Crippen molar-refractivity contribution >= 4 is 12.1 Å². The van der Waals surface area contributed by atoms with E-state index < -0.39 is 18.1 Å². The van der Waals surface area contributed by atoms with Gasteiger partial charge in [-0.15, -0.1) is 0 Å². The molecule has 21 heavy (non-hydrogen) atoms. The standard InChI is InChI=1S/C16H23NO4/c1-11(2)12(3)14(9-15(18)19)17-16(20)21-10-13-7-5-4-6-8-13/h4-8,11-12,14H,9-10H2,1-3H3,(H,17,20)(H,18,19)/t12?,14-/m0/s1. The van der Waals surface area contributed by atoms with Crippen LogP contribution in [0.5, 0.6) is 0 Å². The summed E-state index contributed by atoms with van der Waals surface area (Å²) in [6, 6.07) is 8.90. The van der Waals surface area contributed by atoms with Gasteiger partial charge in [-0.3, -0.25) is 4.79 Å². The predicted molar refractivity (Wildman–Crippen MR) is 79.8 cm³/mol. The first-order valence-corrected chi connectivity index (χ1v) is 7.09. The molecule has 1 unspecified atom stereocenters. The minimum absolute atomic E-state index is 0.0466. The summed E-state index contributed by atoms with van der Waals surface area (Å²) < 4.78 is 5.13. The third-order valence-corrected chi connectivity index (χ3v) is 3.60. The molecule has 0 fully saturated rings. The van der Waals surface area contributed by atoms with E-state index in [0.717, 1.165) is 5.56 Å².